The van der Waals surface area contributed by atoms with Crippen LogP contribution in [0.15, 0.2) is 0 Å². The van der Waals surface area contributed by atoms with Gasteiger partial charge in [-0.1, -0.05) is 66.2 Å². The summed E-state index contributed by atoms with van der Waals surface area (Å²) in [5, 5.41) is 0. The van der Waals surface area contributed by atoms with Gasteiger partial charge in [-0.25, -0.2) is 0 Å². The van der Waals surface area contributed by atoms with Crippen LogP contribution >= 0.6 is 0 Å². The first-order valence-corrected chi connectivity index (χ1v) is 10.9. The van der Waals surface area contributed by atoms with Crippen molar-refractivity contribution in [1.29, 1.82) is 0 Å². The van der Waals surface area contributed by atoms with E-state index >= 15 is 0 Å². The van der Waals surface area contributed by atoms with Gasteiger partial charge in [-0.15, -0.1) is 0 Å². The van der Waals surface area contributed by atoms with Crippen LogP contribution in [0.5, 0.6) is 0 Å². The van der Waals surface area contributed by atoms with Gasteiger partial charge >= 0.3 is 0 Å². The van der Waals surface area contributed by atoms with Crippen LogP contribution in [-0.4, -0.2) is 43.1 Å². The fraction of sp³-hybridized carbons (Fsp3) is 1.00. The van der Waals surface area contributed by atoms with Crippen molar-refractivity contribution in [2.24, 2.45) is 0 Å². The van der Waals surface area contributed by atoms with Crippen molar-refractivity contribution in [3.8, 4) is 0 Å². The third-order valence-corrected chi connectivity index (χ3v) is 8.89. The zero-order valence-corrected chi connectivity index (χ0v) is 16.4. The summed E-state index contributed by atoms with van der Waals surface area (Å²) in [4.78, 5) is 0. The van der Waals surface area contributed by atoms with E-state index < -0.39 is 0 Å². The Morgan fingerprint density at radius 2 is 1.05 bits per heavy atom. The summed E-state index contributed by atoms with van der Waals surface area (Å²) in [5.74, 6) is 0. The highest BCUT2D eigenvalue weighted by Gasteiger charge is 2.31. The molecule has 0 bridgehead atoms. The fourth-order valence-electron chi connectivity index (χ4n) is 4.47. The molecule has 0 heterocycles. The van der Waals surface area contributed by atoms with E-state index in [4.69, 9.17) is 0 Å². The first-order valence-electron chi connectivity index (χ1n) is 9.61. The van der Waals surface area contributed by atoms with E-state index in [0.717, 1.165) is 12.1 Å². The lowest BCUT2D eigenvalue weighted by atomic mass is 9.91. The summed E-state index contributed by atoms with van der Waals surface area (Å²) < 4.78 is 5.90. The predicted molar refractivity (Wildman–Crippen MR) is 96.2 cm³/mol. The zero-order chi connectivity index (χ0) is 15.2. The molecule has 2 saturated carbocycles. The van der Waals surface area contributed by atoms with E-state index in [1.165, 1.54) is 64.2 Å². The molecule has 0 aromatic heterocycles. The average Bonchev–Trinajstić information content (AvgIpc) is 2.49. The molecule has 0 amide bonds. The normalized spacial score (nSPS) is 23.4. The number of nitrogens with zero attached hydrogens (tertiary/aromatic N) is 2. The molecule has 3 heteroatoms. The standard InChI is InChI=1S/C18H38N2Si/c1-15(2)19(16(3)4)21-20(17-11-7-5-8-12-17)18-13-9-6-10-14-18/h15-18H,5-14,21H2,1-4H3. The Bertz CT molecular complexity index is 255. The van der Waals surface area contributed by atoms with Gasteiger partial charge in [-0.3, -0.25) is 0 Å². The van der Waals surface area contributed by atoms with Gasteiger partial charge in [-0.05, 0) is 37.8 Å². The van der Waals surface area contributed by atoms with Gasteiger partial charge in [-0.2, -0.15) is 0 Å². The molecular formula is C18H38N2Si. The van der Waals surface area contributed by atoms with E-state index in [-0.39, 0.29) is 9.84 Å². The third kappa shape index (κ3) is 5.07. The molecule has 0 atom stereocenters. The highest BCUT2D eigenvalue weighted by atomic mass is 28.2. The second-order valence-electron chi connectivity index (χ2n) is 7.94. The average molecular weight is 311 g/mol. The molecule has 21 heavy (non-hydrogen) atoms. The van der Waals surface area contributed by atoms with Crippen molar-refractivity contribution in [1.82, 2.24) is 9.13 Å². The molecule has 0 aliphatic heterocycles. The van der Waals surface area contributed by atoms with E-state index in [9.17, 15) is 0 Å². The molecule has 0 aromatic rings. The summed E-state index contributed by atoms with van der Waals surface area (Å²) in [6.07, 6.45) is 14.8. The third-order valence-electron chi connectivity index (χ3n) is 5.74. The second-order valence-corrected chi connectivity index (χ2v) is 9.68. The summed E-state index contributed by atoms with van der Waals surface area (Å²) in [5.41, 5.74) is 0. The molecule has 0 spiro atoms. The molecule has 124 valence electrons. The maximum Gasteiger partial charge on any atom is 0.173 e. The summed E-state index contributed by atoms with van der Waals surface area (Å²) in [7, 11) is -0.279. The minimum absolute atomic E-state index is 0.279. The van der Waals surface area contributed by atoms with Gasteiger partial charge in [0, 0.05) is 12.1 Å². The van der Waals surface area contributed by atoms with Crippen LogP contribution in [0.4, 0.5) is 0 Å². The Balaban J connectivity index is 2.05. The quantitative estimate of drug-likeness (QED) is 0.682. The van der Waals surface area contributed by atoms with Crippen molar-refractivity contribution < 1.29 is 0 Å². The summed E-state index contributed by atoms with van der Waals surface area (Å²) >= 11 is 0. The van der Waals surface area contributed by atoms with Gasteiger partial charge in [0.15, 0.2) is 9.84 Å². The molecule has 2 nitrogen and oxygen atoms in total. The first kappa shape index (κ1) is 17.5. The van der Waals surface area contributed by atoms with E-state index in [1.54, 1.807) is 0 Å². The highest BCUT2D eigenvalue weighted by Crippen LogP contribution is 2.30. The Morgan fingerprint density at radius 1 is 0.667 bits per heavy atom. The van der Waals surface area contributed by atoms with Crippen LogP contribution in [0.1, 0.15) is 91.9 Å². The van der Waals surface area contributed by atoms with Crippen LogP contribution in [0.3, 0.4) is 0 Å². The minimum Gasteiger partial charge on any atom is -0.312 e. The summed E-state index contributed by atoms with van der Waals surface area (Å²) in [6.45, 7) is 9.58. The van der Waals surface area contributed by atoms with Crippen molar-refractivity contribution in [3.63, 3.8) is 0 Å². The van der Waals surface area contributed by atoms with E-state index in [2.05, 4.69) is 36.8 Å². The molecule has 2 aliphatic carbocycles. The van der Waals surface area contributed by atoms with Crippen LogP contribution in [0.25, 0.3) is 0 Å². The highest BCUT2D eigenvalue weighted by molar-refractivity contribution is 6.29. The Kier molecular flexibility index (Phi) is 7.23. The fourth-order valence-corrected chi connectivity index (χ4v) is 6.69. The molecule has 2 aliphatic rings. The first-order chi connectivity index (χ1) is 10.1. The van der Waals surface area contributed by atoms with Crippen molar-refractivity contribution >= 4 is 9.84 Å². The van der Waals surface area contributed by atoms with Crippen LogP contribution in [0, 0.1) is 0 Å². The lowest BCUT2D eigenvalue weighted by Crippen LogP contribution is -2.56. The summed E-state index contributed by atoms with van der Waals surface area (Å²) in [6, 6.07) is 3.28. The predicted octanol–water partition coefficient (Wildman–Crippen LogP) is 4.07. The maximum atomic E-state index is 3.07. The molecule has 0 radical (unpaired) electrons. The smallest absolute Gasteiger partial charge is 0.173 e. The number of rotatable bonds is 6. The SMILES string of the molecule is CC(C)N([SiH2]N(C1CCCCC1)C1CCCCC1)C(C)C. The van der Waals surface area contributed by atoms with Gasteiger partial charge in [0.1, 0.15) is 0 Å². The topological polar surface area (TPSA) is 6.48 Å². The van der Waals surface area contributed by atoms with Gasteiger partial charge in [0.05, 0.1) is 0 Å². The molecule has 0 saturated heterocycles. The second kappa shape index (κ2) is 8.69. The van der Waals surface area contributed by atoms with Crippen LogP contribution in [-0.2, 0) is 0 Å². The van der Waals surface area contributed by atoms with E-state index in [0.29, 0.717) is 12.1 Å². The lowest BCUT2D eigenvalue weighted by Gasteiger charge is -2.46. The zero-order valence-electron chi connectivity index (χ0n) is 15.0. The largest absolute Gasteiger partial charge is 0.312 e. The van der Waals surface area contributed by atoms with Crippen LogP contribution in [0.2, 0.25) is 0 Å². The van der Waals surface area contributed by atoms with E-state index in [1.807, 2.05) is 0 Å². The molecule has 0 aromatic carbocycles. The molecule has 0 N–H and O–H groups in total. The molecular weight excluding hydrogens is 272 g/mol. The van der Waals surface area contributed by atoms with Gasteiger partial charge < -0.3 is 9.13 Å². The van der Waals surface area contributed by atoms with Gasteiger partial charge in [0.25, 0.3) is 0 Å². The Morgan fingerprint density at radius 3 is 1.38 bits per heavy atom. The molecule has 0 unspecified atom stereocenters. The molecule has 2 rings (SSSR count). The van der Waals surface area contributed by atoms with Crippen molar-refractivity contribution in [2.45, 2.75) is 116 Å². The maximum absolute atomic E-state index is 3.07. The lowest BCUT2D eigenvalue weighted by molar-refractivity contribution is 0.148. The monoisotopic (exact) mass is 310 g/mol. The van der Waals surface area contributed by atoms with Crippen LogP contribution < -0.4 is 0 Å². The van der Waals surface area contributed by atoms with Gasteiger partial charge in [0.2, 0.25) is 0 Å². The molecule has 2 fully saturated rings. The Labute approximate surface area is 135 Å². The van der Waals surface area contributed by atoms with Crippen molar-refractivity contribution in [2.75, 3.05) is 0 Å². The Hall–Kier alpha value is 0.137. The van der Waals surface area contributed by atoms with Crippen molar-refractivity contribution in [3.05, 3.63) is 0 Å². The minimum atomic E-state index is -0.279. The number of hydrogen-bond acceptors (Lipinski definition) is 2. The number of hydrogen-bond donors (Lipinski definition) is 0.